The van der Waals surface area contributed by atoms with Crippen molar-refractivity contribution in [3.8, 4) is 0 Å². The standard InChI is InChI=1S/C19H25N3O3S/c1-15(19(23)20(2)3)21-10-12-22(13-11-21)26(24,25)18-9-8-16-6-4-5-7-17(16)14-18/h4-9,14-15H,10-13H2,1-3H3/p+1/t15-/m1/s1. The van der Waals surface area contributed by atoms with Gasteiger partial charge in [-0.1, -0.05) is 30.3 Å². The first-order valence-corrected chi connectivity index (χ1v) is 10.3. The van der Waals surface area contributed by atoms with Crippen LogP contribution in [0.1, 0.15) is 6.92 Å². The number of carbonyl (C=O) groups is 1. The van der Waals surface area contributed by atoms with Crippen molar-refractivity contribution in [1.29, 1.82) is 0 Å². The third kappa shape index (κ3) is 3.60. The summed E-state index contributed by atoms with van der Waals surface area (Å²) in [6.07, 6.45) is 0. The first-order chi connectivity index (χ1) is 12.3. The number of hydrogen-bond donors (Lipinski definition) is 1. The molecule has 26 heavy (non-hydrogen) atoms. The number of likely N-dealkylation sites (N-methyl/N-ethyl adjacent to an activating group) is 1. The number of sulfonamides is 1. The Kier molecular flexibility index (Phi) is 5.32. The third-order valence-electron chi connectivity index (χ3n) is 5.15. The SMILES string of the molecule is C[C@H](C(=O)N(C)C)[NH+]1CCN(S(=O)(=O)c2ccc3ccccc3c2)CC1. The minimum atomic E-state index is -3.51. The number of carbonyl (C=O) groups excluding carboxylic acids is 1. The maximum atomic E-state index is 13.0. The molecule has 0 saturated carbocycles. The molecule has 1 atom stereocenters. The van der Waals surface area contributed by atoms with Crippen LogP contribution in [0.2, 0.25) is 0 Å². The van der Waals surface area contributed by atoms with E-state index in [1.54, 1.807) is 31.1 Å². The molecule has 1 N–H and O–H groups in total. The van der Waals surface area contributed by atoms with E-state index in [0.29, 0.717) is 31.1 Å². The second-order valence-electron chi connectivity index (χ2n) is 7.03. The normalized spacial score (nSPS) is 18.0. The molecular weight excluding hydrogens is 350 g/mol. The average molecular weight is 377 g/mol. The lowest BCUT2D eigenvalue weighted by atomic mass is 10.1. The van der Waals surface area contributed by atoms with Crippen molar-refractivity contribution >= 4 is 26.7 Å². The highest BCUT2D eigenvalue weighted by Gasteiger charge is 2.34. The number of amides is 1. The van der Waals surface area contributed by atoms with Gasteiger partial charge in [0.15, 0.2) is 6.04 Å². The molecule has 2 aromatic carbocycles. The van der Waals surface area contributed by atoms with E-state index < -0.39 is 10.0 Å². The van der Waals surface area contributed by atoms with Gasteiger partial charge in [-0.05, 0) is 29.8 Å². The van der Waals surface area contributed by atoms with Gasteiger partial charge >= 0.3 is 0 Å². The van der Waals surface area contributed by atoms with E-state index in [4.69, 9.17) is 0 Å². The Balaban J connectivity index is 1.74. The minimum Gasteiger partial charge on any atom is -0.344 e. The largest absolute Gasteiger partial charge is 0.344 e. The monoisotopic (exact) mass is 376 g/mol. The highest BCUT2D eigenvalue weighted by molar-refractivity contribution is 7.89. The molecule has 1 saturated heterocycles. The van der Waals surface area contributed by atoms with Crippen LogP contribution in [0.25, 0.3) is 10.8 Å². The first-order valence-electron chi connectivity index (χ1n) is 8.85. The van der Waals surface area contributed by atoms with E-state index in [9.17, 15) is 13.2 Å². The molecule has 1 aliphatic heterocycles. The molecule has 0 aliphatic carbocycles. The van der Waals surface area contributed by atoms with Crippen LogP contribution in [-0.4, -0.2) is 69.8 Å². The molecule has 7 heteroatoms. The number of rotatable bonds is 4. The Morgan fingerprint density at radius 1 is 1.08 bits per heavy atom. The van der Waals surface area contributed by atoms with Crippen LogP contribution in [0.3, 0.4) is 0 Å². The van der Waals surface area contributed by atoms with Gasteiger partial charge in [-0.25, -0.2) is 8.42 Å². The number of nitrogens with zero attached hydrogens (tertiary/aromatic N) is 2. The van der Waals surface area contributed by atoms with Gasteiger partial charge in [-0.15, -0.1) is 0 Å². The predicted molar refractivity (Wildman–Crippen MR) is 102 cm³/mol. The Morgan fingerprint density at radius 2 is 1.69 bits per heavy atom. The Morgan fingerprint density at radius 3 is 2.31 bits per heavy atom. The molecule has 6 nitrogen and oxygen atoms in total. The van der Waals surface area contributed by atoms with Crippen molar-refractivity contribution < 1.29 is 18.1 Å². The minimum absolute atomic E-state index is 0.0748. The molecule has 1 amide bonds. The summed E-state index contributed by atoms with van der Waals surface area (Å²) >= 11 is 0. The maximum Gasteiger partial charge on any atom is 0.280 e. The van der Waals surface area contributed by atoms with Gasteiger partial charge in [-0.3, -0.25) is 4.79 Å². The third-order valence-corrected chi connectivity index (χ3v) is 7.04. The van der Waals surface area contributed by atoms with Crippen LogP contribution in [0, 0.1) is 0 Å². The molecule has 140 valence electrons. The van der Waals surface area contributed by atoms with Crippen molar-refractivity contribution in [2.45, 2.75) is 17.9 Å². The van der Waals surface area contributed by atoms with E-state index in [1.165, 1.54) is 4.31 Å². The number of quaternary nitrogens is 1. The smallest absolute Gasteiger partial charge is 0.280 e. The fourth-order valence-corrected chi connectivity index (χ4v) is 4.96. The summed E-state index contributed by atoms with van der Waals surface area (Å²) in [7, 11) is -0.0171. The zero-order valence-electron chi connectivity index (χ0n) is 15.5. The predicted octanol–water partition coefficient (Wildman–Crippen LogP) is 0.206. The molecule has 0 bridgehead atoms. The van der Waals surface area contributed by atoms with Gasteiger partial charge in [0.2, 0.25) is 10.0 Å². The van der Waals surface area contributed by atoms with E-state index in [2.05, 4.69) is 0 Å². The molecule has 0 aromatic heterocycles. The lowest BCUT2D eigenvalue weighted by Gasteiger charge is -2.34. The van der Waals surface area contributed by atoms with Crippen molar-refractivity contribution in [2.24, 2.45) is 0 Å². The van der Waals surface area contributed by atoms with Gasteiger partial charge in [-0.2, -0.15) is 4.31 Å². The van der Waals surface area contributed by atoms with Crippen LogP contribution < -0.4 is 4.90 Å². The highest BCUT2D eigenvalue weighted by Crippen LogP contribution is 2.21. The van der Waals surface area contributed by atoms with Crippen LogP contribution in [0.4, 0.5) is 0 Å². The summed E-state index contributed by atoms with van der Waals surface area (Å²) in [5.74, 6) is 0.0748. The van der Waals surface area contributed by atoms with Crippen LogP contribution >= 0.6 is 0 Å². The number of fused-ring (bicyclic) bond motifs is 1. The van der Waals surface area contributed by atoms with E-state index in [-0.39, 0.29) is 11.9 Å². The number of hydrogen-bond acceptors (Lipinski definition) is 3. The molecule has 0 radical (unpaired) electrons. The van der Waals surface area contributed by atoms with E-state index >= 15 is 0 Å². The summed E-state index contributed by atoms with van der Waals surface area (Å²) < 4.78 is 27.5. The fourth-order valence-electron chi connectivity index (χ4n) is 3.49. The lowest BCUT2D eigenvalue weighted by molar-refractivity contribution is -0.917. The van der Waals surface area contributed by atoms with Crippen LogP contribution in [0.5, 0.6) is 0 Å². The molecule has 0 unspecified atom stereocenters. The highest BCUT2D eigenvalue weighted by atomic mass is 32.2. The zero-order valence-corrected chi connectivity index (χ0v) is 16.3. The van der Waals surface area contributed by atoms with Gasteiger partial charge in [0, 0.05) is 14.1 Å². The molecule has 1 fully saturated rings. The Hall–Kier alpha value is -1.96. The molecule has 0 spiro atoms. The maximum absolute atomic E-state index is 13.0. The Bertz CT molecular complexity index is 903. The molecule has 1 aliphatic rings. The van der Waals surface area contributed by atoms with E-state index in [1.807, 2.05) is 37.3 Å². The van der Waals surface area contributed by atoms with Crippen molar-refractivity contribution in [3.05, 3.63) is 42.5 Å². The quantitative estimate of drug-likeness (QED) is 0.830. The second-order valence-corrected chi connectivity index (χ2v) is 8.96. The summed E-state index contributed by atoms with van der Waals surface area (Å²) in [4.78, 5) is 15.2. The topological polar surface area (TPSA) is 62.1 Å². The molecular formula is C19H26N3O3S+. The summed E-state index contributed by atoms with van der Waals surface area (Å²) in [6, 6.07) is 12.8. The first kappa shape index (κ1) is 18.8. The van der Waals surface area contributed by atoms with Crippen molar-refractivity contribution in [3.63, 3.8) is 0 Å². The second kappa shape index (κ2) is 7.34. The number of piperazine rings is 1. The van der Waals surface area contributed by atoms with Gasteiger partial charge in [0.1, 0.15) is 0 Å². The average Bonchev–Trinajstić information content (AvgIpc) is 2.66. The summed E-state index contributed by atoms with van der Waals surface area (Å²) in [5.41, 5.74) is 0. The number of benzene rings is 2. The van der Waals surface area contributed by atoms with Crippen molar-refractivity contribution in [1.82, 2.24) is 9.21 Å². The van der Waals surface area contributed by atoms with Crippen LogP contribution in [-0.2, 0) is 14.8 Å². The summed E-state index contributed by atoms with van der Waals surface area (Å²) in [6.45, 7) is 4.03. The van der Waals surface area contributed by atoms with Crippen molar-refractivity contribution in [2.75, 3.05) is 40.3 Å². The Labute approximate surface area is 155 Å². The fraction of sp³-hybridized carbons (Fsp3) is 0.421. The van der Waals surface area contributed by atoms with E-state index in [0.717, 1.165) is 15.7 Å². The van der Waals surface area contributed by atoms with Crippen LogP contribution in [0.15, 0.2) is 47.4 Å². The molecule has 1 heterocycles. The van der Waals surface area contributed by atoms with Gasteiger partial charge in [0.25, 0.3) is 5.91 Å². The van der Waals surface area contributed by atoms with Gasteiger partial charge in [0.05, 0.1) is 31.1 Å². The lowest BCUT2D eigenvalue weighted by Crippen LogP contribution is -3.19. The van der Waals surface area contributed by atoms with Gasteiger partial charge < -0.3 is 9.80 Å². The number of nitrogens with one attached hydrogen (secondary N) is 1. The molecule has 3 rings (SSSR count). The summed E-state index contributed by atoms with van der Waals surface area (Å²) in [5, 5.41) is 1.94. The molecule has 2 aromatic rings. The zero-order chi connectivity index (χ0) is 18.9.